The van der Waals surface area contributed by atoms with E-state index in [1.165, 1.54) is 77.4 Å². The molecule has 2 unspecified atom stereocenters. The van der Waals surface area contributed by atoms with E-state index in [1.54, 1.807) is 0 Å². The minimum absolute atomic E-state index is 0.717. The Bertz CT molecular complexity index is 205. The average molecular weight is 268 g/mol. The highest BCUT2D eigenvalue weighted by molar-refractivity contribution is 4.80. The Hall–Kier alpha value is -0.0800. The van der Waals surface area contributed by atoms with Gasteiger partial charge in [-0.3, -0.25) is 4.90 Å². The fourth-order valence-electron chi connectivity index (χ4n) is 3.06. The summed E-state index contributed by atoms with van der Waals surface area (Å²) < 4.78 is 0. The third kappa shape index (κ3) is 7.31. The third-order valence-electron chi connectivity index (χ3n) is 4.62. The minimum Gasteiger partial charge on any atom is -0.313 e. The zero-order chi connectivity index (χ0) is 13.9. The van der Waals surface area contributed by atoms with Crippen LogP contribution in [0.1, 0.15) is 78.6 Å². The number of nitrogens with one attached hydrogen (secondary N) is 1. The Balaban J connectivity index is 2.11. The molecule has 2 heteroatoms. The second-order valence-corrected chi connectivity index (χ2v) is 6.31. The standard InChI is InChI=1S/C17H36N2/c1-4-6-7-8-9-10-11-14-19-15-17(5-2)18-13-12-16(19)3/h16-18H,4-15H2,1-3H3. The highest BCUT2D eigenvalue weighted by Gasteiger charge is 2.20. The number of nitrogens with zero attached hydrogens (tertiary/aromatic N) is 1. The summed E-state index contributed by atoms with van der Waals surface area (Å²) in [7, 11) is 0. The summed E-state index contributed by atoms with van der Waals surface area (Å²) in [5, 5.41) is 3.67. The van der Waals surface area contributed by atoms with Gasteiger partial charge in [0, 0.05) is 18.6 Å². The van der Waals surface area contributed by atoms with Crippen LogP contribution in [-0.4, -0.2) is 36.6 Å². The zero-order valence-corrected chi connectivity index (χ0v) is 13.6. The lowest BCUT2D eigenvalue weighted by Gasteiger charge is -2.28. The molecule has 2 nitrogen and oxygen atoms in total. The van der Waals surface area contributed by atoms with Crippen molar-refractivity contribution in [2.75, 3.05) is 19.6 Å². The molecule has 0 saturated carbocycles. The molecule has 1 heterocycles. The molecule has 1 fully saturated rings. The Morgan fingerprint density at radius 1 is 1.00 bits per heavy atom. The van der Waals surface area contributed by atoms with Crippen LogP contribution in [0.25, 0.3) is 0 Å². The molecule has 0 aromatic carbocycles. The molecule has 1 rings (SSSR count). The first-order chi connectivity index (χ1) is 9.27. The van der Waals surface area contributed by atoms with Crippen molar-refractivity contribution in [3.63, 3.8) is 0 Å². The number of hydrogen-bond donors (Lipinski definition) is 1. The first-order valence-electron chi connectivity index (χ1n) is 8.75. The maximum absolute atomic E-state index is 3.67. The molecule has 0 spiro atoms. The van der Waals surface area contributed by atoms with Crippen LogP contribution >= 0.6 is 0 Å². The van der Waals surface area contributed by atoms with Crippen LogP contribution in [0.3, 0.4) is 0 Å². The summed E-state index contributed by atoms with van der Waals surface area (Å²) in [5.41, 5.74) is 0. The molecule has 2 atom stereocenters. The third-order valence-corrected chi connectivity index (χ3v) is 4.62. The summed E-state index contributed by atoms with van der Waals surface area (Å²) in [6, 6.07) is 1.48. The molecule has 0 amide bonds. The van der Waals surface area contributed by atoms with Crippen molar-refractivity contribution in [2.24, 2.45) is 0 Å². The monoisotopic (exact) mass is 268 g/mol. The lowest BCUT2D eigenvalue weighted by atomic mass is 10.1. The fraction of sp³-hybridized carbons (Fsp3) is 1.00. The normalized spacial score (nSPS) is 25.4. The van der Waals surface area contributed by atoms with E-state index in [1.807, 2.05) is 0 Å². The highest BCUT2D eigenvalue weighted by Crippen LogP contribution is 2.13. The van der Waals surface area contributed by atoms with Crippen LogP contribution in [0, 0.1) is 0 Å². The molecule has 0 radical (unpaired) electrons. The van der Waals surface area contributed by atoms with Gasteiger partial charge in [0.05, 0.1) is 0 Å². The molecule has 0 aromatic heterocycles. The SMILES string of the molecule is CCCCCCCCCN1CC(CC)NCCC1C. The molecule has 114 valence electrons. The maximum Gasteiger partial charge on any atom is 0.0192 e. The van der Waals surface area contributed by atoms with E-state index in [4.69, 9.17) is 0 Å². The van der Waals surface area contributed by atoms with E-state index in [2.05, 4.69) is 31.0 Å². The molecule has 1 aliphatic rings. The molecule has 1 saturated heterocycles. The van der Waals surface area contributed by atoms with Crippen LogP contribution in [0.15, 0.2) is 0 Å². The van der Waals surface area contributed by atoms with Gasteiger partial charge in [-0.05, 0) is 39.3 Å². The van der Waals surface area contributed by atoms with Crippen LogP contribution in [0.4, 0.5) is 0 Å². The Kier molecular flexibility index (Phi) is 9.54. The Labute approximate surface area is 121 Å². The van der Waals surface area contributed by atoms with Gasteiger partial charge in [0.25, 0.3) is 0 Å². The number of rotatable bonds is 9. The molecule has 0 aromatic rings. The van der Waals surface area contributed by atoms with E-state index in [9.17, 15) is 0 Å². The Morgan fingerprint density at radius 3 is 2.37 bits per heavy atom. The lowest BCUT2D eigenvalue weighted by molar-refractivity contribution is 0.199. The minimum atomic E-state index is 0.717. The van der Waals surface area contributed by atoms with E-state index >= 15 is 0 Å². The molecule has 1 N–H and O–H groups in total. The van der Waals surface area contributed by atoms with E-state index < -0.39 is 0 Å². The van der Waals surface area contributed by atoms with Gasteiger partial charge in [-0.25, -0.2) is 0 Å². The molecule has 19 heavy (non-hydrogen) atoms. The molecular weight excluding hydrogens is 232 g/mol. The number of unbranched alkanes of at least 4 members (excludes halogenated alkanes) is 6. The second kappa shape index (κ2) is 10.7. The van der Waals surface area contributed by atoms with Crippen molar-refractivity contribution in [2.45, 2.75) is 90.6 Å². The number of hydrogen-bond acceptors (Lipinski definition) is 2. The summed E-state index contributed by atoms with van der Waals surface area (Å²) >= 11 is 0. The molecule has 1 aliphatic heterocycles. The molecule has 0 aliphatic carbocycles. The molecule has 0 bridgehead atoms. The van der Waals surface area contributed by atoms with E-state index in [0.717, 1.165) is 12.1 Å². The van der Waals surface area contributed by atoms with Crippen molar-refractivity contribution in [3.05, 3.63) is 0 Å². The summed E-state index contributed by atoms with van der Waals surface area (Å²) in [4.78, 5) is 2.72. The average Bonchev–Trinajstić information content (AvgIpc) is 2.60. The summed E-state index contributed by atoms with van der Waals surface area (Å²) in [6.07, 6.45) is 12.5. The first kappa shape index (κ1) is 17.0. The van der Waals surface area contributed by atoms with E-state index in [0.29, 0.717) is 0 Å². The second-order valence-electron chi connectivity index (χ2n) is 6.31. The van der Waals surface area contributed by atoms with Gasteiger partial charge >= 0.3 is 0 Å². The first-order valence-corrected chi connectivity index (χ1v) is 8.75. The van der Waals surface area contributed by atoms with Gasteiger partial charge in [-0.1, -0.05) is 52.4 Å². The van der Waals surface area contributed by atoms with Gasteiger partial charge in [0.1, 0.15) is 0 Å². The quantitative estimate of drug-likeness (QED) is 0.631. The van der Waals surface area contributed by atoms with Crippen molar-refractivity contribution < 1.29 is 0 Å². The maximum atomic E-state index is 3.67. The van der Waals surface area contributed by atoms with Gasteiger partial charge in [-0.2, -0.15) is 0 Å². The van der Waals surface area contributed by atoms with Crippen LogP contribution < -0.4 is 5.32 Å². The van der Waals surface area contributed by atoms with Crippen molar-refractivity contribution in [3.8, 4) is 0 Å². The smallest absolute Gasteiger partial charge is 0.0192 e. The fourth-order valence-corrected chi connectivity index (χ4v) is 3.06. The van der Waals surface area contributed by atoms with Crippen LogP contribution in [0.2, 0.25) is 0 Å². The zero-order valence-electron chi connectivity index (χ0n) is 13.6. The van der Waals surface area contributed by atoms with Crippen molar-refractivity contribution in [1.29, 1.82) is 0 Å². The predicted molar refractivity (Wildman–Crippen MR) is 85.7 cm³/mol. The van der Waals surface area contributed by atoms with Crippen LogP contribution in [0.5, 0.6) is 0 Å². The van der Waals surface area contributed by atoms with Gasteiger partial charge in [0.2, 0.25) is 0 Å². The van der Waals surface area contributed by atoms with Crippen molar-refractivity contribution >= 4 is 0 Å². The van der Waals surface area contributed by atoms with Crippen LogP contribution in [-0.2, 0) is 0 Å². The highest BCUT2D eigenvalue weighted by atomic mass is 15.2. The molecular formula is C17H36N2. The largest absolute Gasteiger partial charge is 0.313 e. The predicted octanol–water partition coefficient (Wildman–Crippen LogP) is 4.20. The topological polar surface area (TPSA) is 15.3 Å². The van der Waals surface area contributed by atoms with E-state index in [-0.39, 0.29) is 0 Å². The Morgan fingerprint density at radius 2 is 1.68 bits per heavy atom. The lowest BCUT2D eigenvalue weighted by Crippen LogP contribution is -2.40. The van der Waals surface area contributed by atoms with Crippen molar-refractivity contribution in [1.82, 2.24) is 10.2 Å². The van der Waals surface area contributed by atoms with Gasteiger partial charge in [0.15, 0.2) is 0 Å². The van der Waals surface area contributed by atoms with Gasteiger partial charge in [-0.15, -0.1) is 0 Å². The summed E-state index contributed by atoms with van der Waals surface area (Å²) in [6.45, 7) is 10.8. The van der Waals surface area contributed by atoms with Gasteiger partial charge < -0.3 is 5.32 Å². The summed E-state index contributed by atoms with van der Waals surface area (Å²) in [5.74, 6) is 0.